The van der Waals surface area contributed by atoms with Gasteiger partial charge >= 0.3 is 5.97 Å². The van der Waals surface area contributed by atoms with Crippen LogP contribution in [-0.4, -0.2) is 16.9 Å². The highest BCUT2D eigenvalue weighted by molar-refractivity contribution is 5.89. The number of carbonyl (C=O) groups is 2. The lowest BCUT2D eigenvalue weighted by molar-refractivity contribution is -0.144. The van der Waals surface area contributed by atoms with Crippen molar-refractivity contribution in [2.45, 2.75) is 34.1 Å². The molecule has 0 atom stereocenters. The molecule has 0 rings (SSSR count). The maximum Gasteiger partial charge on any atom is 0.304 e. The summed E-state index contributed by atoms with van der Waals surface area (Å²) in [5.74, 6) is -1.02. The van der Waals surface area contributed by atoms with E-state index < -0.39 is 11.4 Å². The summed E-state index contributed by atoms with van der Waals surface area (Å²) in [6.45, 7) is 6.91. The summed E-state index contributed by atoms with van der Waals surface area (Å²) in [6, 6.07) is 0. The lowest BCUT2D eigenvalue weighted by Gasteiger charge is -2.22. The molecule has 12 heavy (non-hydrogen) atoms. The molecular formula is C9H16O3. The molecule has 0 bridgehead atoms. The average molecular weight is 172 g/mol. The van der Waals surface area contributed by atoms with E-state index in [2.05, 4.69) is 0 Å². The number of carboxylic acids is 1. The predicted octanol–water partition coefficient (Wildman–Crippen LogP) is 1.71. The first kappa shape index (κ1) is 11.1. The van der Waals surface area contributed by atoms with Crippen molar-refractivity contribution in [3.63, 3.8) is 0 Å². The van der Waals surface area contributed by atoms with Crippen molar-refractivity contribution in [2.24, 2.45) is 11.3 Å². The van der Waals surface area contributed by atoms with Crippen LogP contribution in [0.4, 0.5) is 0 Å². The molecule has 0 fully saturated rings. The van der Waals surface area contributed by atoms with Gasteiger partial charge in [0, 0.05) is 11.3 Å². The molecule has 3 nitrogen and oxygen atoms in total. The number of carboxylic acid groups (broad SMARTS) is 1. The van der Waals surface area contributed by atoms with Gasteiger partial charge in [-0.05, 0) is 0 Å². The van der Waals surface area contributed by atoms with Crippen molar-refractivity contribution in [2.75, 3.05) is 0 Å². The second-order valence-electron chi connectivity index (χ2n) is 3.97. The van der Waals surface area contributed by atoms with Gasteiger partial charge in [-0.25, -0.2) is 0 Å². The van der Waals surface area contributed by atoms with E-state index in [1.807, 2.05) is 0 Å². The van der Waals surface area contributed by atoms with Crippen molar-refractivity contribution < 1.29 is 14.7 Å². The Morgan fingerprint density at radius 2 is 1.75 bits per heavy atom. The van der Waals surface area contributed by atoms with Crippen LogP contribution < -0.4 is 0 Å². The smallest absolute Gasteiger partial charge is 0.304 e. The number of aliphatic carboxylic acids is 1. The minimum atomic E-state index is -0.922. The maximum absolute atomic E-state index is 11.4. The van der Waals surface area contributed by atoms with Crippen molar-refractivity contribution in [1.29, 1.82) is 0 Å². The van der Waals surface area contributed by atoms with Gasteiger partial charge in [-0.3, -0.25) is 9.59 Å². The van der Waals surface area contributed by atoms with Crippen LogP contribution in [0, 0.1) is 11.3 Å². The van der Waals surface area contributed by atoms with Gasteiger partial charge in [-0.2, -0.15) is 0 Å². The Balaban J connectivity index is 4.39. The van der Waals surface area contributed by atoms with Crippen LogP contribution in [0.15, 0.2) is 0 Å². The van der Waals surface area contributed by atoms with E-state index in [4.69, 9.17) is 5.11 Å². The summed E-state index contributed by atoms with van der Waals surface area (Å²) in [7, 11) is 0. The van der Waals surface area contributed by atoms with Crippen molar-refractivity contribution >= 4 is 11.8 Å². The highest BCUT2D eigenvalue weighted by Gasteiger charge is 2.31. The Bertz CT molecular complexity index is 192. The van der Waals surface area contributed by atoms with Crippen LogP contribution >= 0.6 is 0 Å². The second kappa shape index (κ2) is 3.70. The fraction of sp³-hybridized carbons (Fsp3) is 0.778. The van der Waals surface area contributed by atoms with Crippen molar-refractivity contribution in [3.8, 4) is 0 Å². The summed E-state index contributed by atoms with van der Waals surface area (Å²) < 4.78 is 0. The molecule has 0 heterocycles. The van der Waals surface area contributed by atoms with E-state index in [-0.39, 0.29) is 18.1 Å². The zero-order valence-electron chi connectivity index (χ0n) is 8.05. The van der Waals surface area contributed by atoms with E-state index >= 15 is 0 Å². The van der Waals surface area contributed by atoms with Gasteiger partial charge in [0.2, 0.25) is 0 Å². The summed E-state index contributed by atoms with van der Waals surface area (Å²) in [5.41, 5.74) is -0.736. The summed E-state index contributed by atoms with van der Waals surface area (Å²) in [5, 5.41) is 8.53. The minimum Gasteiger partial charge on any atom is -0.481 e. The molecular weight excluding hydrogens is 156 g/mol. The fourth-order valence-electron chi connectivity index (χ4n) is 1.25. The summed E-state index contributed by atoms with van der Waals surface area (Å²) in [6.07, 6.45) is -0.0932. The third kappa shape index (κ3) is 3.03. The topological polar surface area (TPSA) is 54.4 Å². The molecule has 0 aliphatic carbocycles. The number of hydrogen-bond acceptors (Lipinski definition) is 2. The van der Waals surface area contributed by atoms with Crippen LogP contribution in [0.5, 0.6) is 0 Å². The van der Waals surface area contributed by atoms with E-state index in [0.717, 1.165) is 0 Å². The normalized spacial score (nSPS) is 11.8. The molecule has 0 saturated carbocycles. The largest absolute Gasteiger partial charge is 0.481 e. The lowest BCUT2D eigenvalue weighted by Crippen LogP contribution is -2.30. The van der Waals surface area contributed by atoms with Crippen molar-refractivity contribution in [1.82, 2.24) is 0 Å². The lowest BCUT2D eigenvalue weighted by atomic mass is 9.80. The number of carbonyl (C=O) groups excluding carboxylic acids is 1. The second-order valence-corrected chi connectivity index (χ2v) is 3.97. The Kier molecular flexibility index (Phi) is 3.43. The van der Waals surface area contributed by atoms with Gasteiger partial charge in [-0.1, -0.05) is 27.7 Å². The molecule has 0 amide bonds. The Labute approximate surface area is 72.8 Å². The third-order valence-electron chi connectivity index (χ3n) is 1.78. The average Bonchev–Trinajstić information content (AvgIpc) is 1.82. The highest BCUT2D eigenvalue weighted by Crippen LogP contribution is 2.25. The minimum absolute atomic E-state index is 0.00454. The number of Topliss-reactive ketones (excluding diaryl/α,β-unsaturated/α-hetero) is 1. The molecule has 0 spiro atoms. The number of ketones is 1. The molecule has 0 aliphatic heterocycles. The number of hydrogen-bond donors (Lipinski definition) is 1. The van der Waals surface area contributed by atoms with Crippen molar-refractivity contribution in [3.05, 3.63) is 0 Å². The maximum atomic E-state index is 11.4. The quantitative estimate of drug-likeness (QED) is 0.702. The van der Waals surface area contributed by atoms with E-state index in [9.17, 15) is 9.59 Å². The molecule has 0 aromatic carbocycles. The van der Waals surface area contributed by atoms with Gasteiger partial charge in [0.05, 0.1) is 6.42 Å². The van der Waals surface area contributed by atoms with Crippen LogP contribution in [0.3, 0.4) is 0 Å². The van der Waals surface area contributed by atoms with Gasteiger partial charge in [0.25, 0.3) is 0 Å². The molecule has 70 valence electrons. The third-order valence-corrected chi connectivity index (χ3v) is 1.78. The molecule has 3 heteroatoms. The first-order chi connectivity index (χ1) is 5.27. The van der Waals surface area contributed by atoms with Gasteiger partial charge in [0.15, 0.2) is 0 Å². The van der Waals surface area contributed by atoms with Crippen LogP contribution in [-0.2, 0) is 9.59 Å². The monoisotopic (exact) mass is 172 g/mol. The van der Waals surface area contributed by atoms with Gasteiger partial charge in [-0.15, -0.1) is 0 Å². The van der Waals surface area contributed by atoms with Gasteiger partial charge in [0.1, 0.15) is 5.78 Å². The SMILES string of the molecule is CC(C)C(=O)C(C)(C)CC(=O)O. The molecule has 0 saturated heterocycles. The first-order valence-corrected chi connectivity index (χ1v) is 4.03. The Morgan fingerprint density at radius 3 is 2.00 bits per heavy atom. The molecule has 0 radical (unpaired) electrons. The molecule has 0 unspecified atom stereocenters. The molecule has 0 aromatic heterocycles. The summed E-state index contributed by atoms with van der Waals surface area (Å²) in [4.78, 5) is 21.8. The van der Waals surface area contributed by atoms with Crippen LogP contribution in [0.1, 0.15) is 34.1 Å². The van der Waals surface area contributed by atoms with Gasteiger partial charge < -0.3 is 5.11 Å². The Hall–Kier alpha value is -0.860. The standard InChI is InChI=1S/C9H16O3/c1-6(2)8(12)9(3,4)5-7(10)11/h6H,5H2,1-4H3,(H,10,11). The first-order valence-electron chi connectivity index (χ1n) is 4.03. The van der Waals surface area contributed by atoms with Crippen LogP contribution in [0.25, 0.3) is 0 Å². The highest BCUT2D eigenvalue weighted by atomic mass is 16.4. The predicted molar refractivity (Wildman–Crippen MR) is 45.9 cm³/mol. The Morgan fingerprint density at radius 1 is 1.33 bits per heavy atom. The molecule has 0 aliphatic rings. The molecule has 1 N–H and O–H groups in total. The van der Waals surface area contributed by atoms with E-state index in [0.29, 0.717) is 0 Å². The zero-order valence-corrected chi connectivity index (χ0v) is 8.05. The number of rotatable bonds is 4. The fourth-order valence-corrected chi connectivity index (χ4v) is 1.25. The summed E-state index contributed by atoms with van der Waals surface area (Å²) >= 11 is 0. The molecule has 0 aromatic rings. The van der Waals surface area contributed by atoms with Crippen LogP contribution in [0.2, 0.25) is 0 Å². The zero-order chi connectivity index (χ0) is 9.94. The van der Waals surface area contributed by atoms with E-state index in [1.54, 1.807) is 27.7 Å². The van der Waals surface area contributed by atoms with E-state index in [1.165, 1.54) is 0 Å².